The summed E-state index contributed by atoms with van der Waals surface area (Å²) in [5, 5.41) is 7.56. The maximum absolute atomic E-state index is 11.9. The molecule has 0 bridgehead atoms. The van der Waals surface area contributed by atoms with Gasteiger partial charge < -0.3 is 10.1 Å². The molecular formula is C16H21N3O2. The van der Waals surface area contributed by atoms with Gasteiger partial charge in [-0.3, -0.25) is 4.68 Å². The minimum absolute atomic E-state index is 0.303. The number of nitrogens with one attached hydrogen (secondary N) is 1. The fourth-order valence-electron chi connectivity index (χ4n) is 2.07. The van der Waals surface area contributed by atoms with Crippen molar-refractivity contribution in [3.63, 3.8) is 0 Å². The molecule has 0 aliphatic rings. The fraction of sp³-hybridized carbons (Fsp3) is 0.375. The second-order valence-electron chi connectivity index (χ2n) is 4.73. The van der Waals surface area contributed by atoms with E-state index >= 15 is 0 Å². The molecule has 0 spiro atoms. The molecule has 2 aromatic rings. The maximum Gasteiger partial charge on any atom is 0.340 e. The lowest BCUT2D eigenvalue weighted by atomic mass is 10.1. The number of aromatic nitrogens is 2. The largest absolute Gasteiger partial charge is 0.462 e. The van der Waals surface area contributed by atoms with Gasteiger partial charge in [-0.15, -0.1) is 0 Å². The molecule has 1 N–H and O–H groups in total. The Labute approximate surface area is 124 Å². The van der Waals surface area contributed by atoms with E-state index in [-0.39, 0.29) is 5.97 Å². The van der Waals surface area contributed by atoms with Crippen LogP contribution in [0.5, 0.6) is 0 Å². The summed E-state index contributed by atoms with van der Waals surface area (Å²) in [4.78, 5) is 11.9. The molecule has 1 heterocycles. The lowest BCUT2D eigenvalue weighted by Gasteiger charge is -2.10. The van der Waals surface area contributed by atoms with Gasteiger partial charge >= 0.3 is 5.97 Å². The number of hydrogen-bond acceptors (Lipinski definition) is 4. The molecule has 0 aliphatic heterocycles. The topological polar surface area (TPSA) is 56.2 Å². The van der Waals surface area contributed by atoms with E-state index in [1.165, 1.54) is 0 Å². The molecule has 0 amide bonds. The fourth-order valence-corrected chi connectivity index (χ4v) is 2.07. The molecule has 0 fully saturated rings. The molecule has 5 nitrogen and oxygen atoms in total. The monoisotopic (exact) mass is 287 g/mol. The minimum Gasteiger partial charge on any atom is -0.462 e. The summed E-state index contributed by atoms with van der Waals surface area (Å²) in [6.07, 6.45) is 4.92. The Morgan fingerprint density at radius 2 is 2.14 bits per heavy atom. The van der Waals surface area contributed by atoms with E-state index in [4.69, 9.17) is 4.74 Å². The van der Waals surface area contributed by atoms with Crippen molar-refractivity contribution in [1.29, 1.82) is 0 Å². The zero-order valence-electron chi connectivity index (χ0n) is 12.5. The summed E-state index contributed by atoms with van der Waals surface area (Å²) >= 11 is 0. The van der Waals surface area contributed by atoms with Gasteiger partial charge in [0.15, 0.2) is 0 Å². The number of para-hydroxylation sites is 1. The van der Waals surface area contributed by atoms with Gasteiger partial charge in [0.25, 0.3) is 0 Å². The number of ether oxygens (including phenoxy) is 1. The third kappa shape index (κ3) is 4.08. The smallest absolute Gasteiger partial charge is 0.340 e. The van der Waals surface area contributed by atoms with Crippen LogP contribution < -0.4 is 5.32 Å². The number of carbonyl (C=O) groups is 1. The normalized spacial score (nSPS) is 10.4. The number of anilines is 1. The van der Waals surface area contributed by atoms with Crippen LogP contribution in [-0.2, 0) is 17.8 Å². The number of hydrogen-bond donors (Lipinski definition) is 1. The Morgan fingerprint density at radius 1 is 1.33 bits per heavy atom. The van der Waals surface area contributed by atoms with Crippen molar-refractivity contribution < 1.29 is 9.53 Å². The summed E-state index contributed by atoms with van der Waals surface area (Å²) in [5.41, 5.74) is 2.42. The summed E-state index contributed by atoms with van der Waals surface area (Å²) in [5.74, 6) is -0.303. The SMILES string of the molecule is CCCn1cc(CNc2ccccc2C(=O)OCC)cn1. The summed E-state index contributed by atoms with van der Waals surface area (Å²) in [6.45, 7) is 5.84. The van der Waals surface area contributed by atoms with E-state index in [9.17, 15) is 4.79 Å². The van der Waals surface area contributed by atoms with Crippen molar-refractivity contribution in [2.24, 2.45) is 0 Å². The first-order valence-electron chi connectivity index (χ1n) is 7.26. The summed E-state index contributed by atoms with van der Waals surface area (Å²) in [7, 11) is 0. The van der Waals surface area contributed by atoms with Crippen molar-refractivity contribution in [2.45, 2.75) is 33.4 Å². The van der Waals surface area contributed by atoms with E-state index in [2.05, 4.69) is 17.3 Å². The standard InChI is InChI=1S/C16H21N3O2/c1-3-9-19-12-13(11-18-19)10-17-15-8-6-5-7-14(15)16(20)21-4-2/h5-8,11-12,17H,3-4,9-10H2,1-2H3. The zero-order chi connectivity index (χ0) is 15.1. The highest BCUT2D eigenvalue weighted by Gasteiger charge is 2.11. The summed E-state index contributed by atoms with van der Waals surface area (Å²) in [6, 6.07) is 7.37. The van der Waals surface area contributed by atoms with E-state index in [1.54, 1.807) is 13.0 Å². The van der Waals surface area contributed by atoms with Gasteiger partial charge in [0.1, 0.15) is 0 Å². The molecule has 0 aliphatic carbocycles. The average molecular weight is 287 g/mol. The van der Waals surface area contributed by atoms with Crippen LogP contribution in [0.3, 0.4) is 0 Å². The van der Waals surface area contributed by atoms with Crippen LogP contribution in [0.15, 0.2) is 36.7 Å². The second-order valence-corrected chi connectivity index (χ2v) is 4.73. The Hall–Kier alpha value is -2.30. The highest BCUT2D eigenvalue weighted by Crippen LogP contribution is 2.17. The van der Waals surface area contributed by atoms with Crippen LogP contribution in [0.4, 0.5) is 5.69 Å². The Bertz CT molecular complexity index is 593. The second kappa shape index (κ2) is 7.47. The third-order valence-electron chi connectivity index (χ3n) is 3.04. The molecule has 112 valence electrons. The number of aryl methyl sites for hydroxylation is 1. The molecule has 1 aromatic heterocycles. The van der Waals surface area contributed by atoms with Crippen LogP contribution in [0.1, 0.15) is 36.2 Å². The maximum atomic E-state index is 11.9. The van der Waals surface area contributed by atoms with E-state index in [0.717, 1.165) is 24.2 Å². The molecule has 1 aromatic carbocycles. The predicted octanol–water partition coefficient (Wildman–Crippen LogP) is 3.08. The first kappa shape index (κ1) is 15.1. The molecule has 0 saturated carbocycles. The molecular weight excluding hydrogens is 266 g/mol. The predicted molar refractivity (Wildman–Crippen MR) is 82.2 cm³/mol. The van der Waals surface area contributed by atoms with Crippen molar-refractivity contribution in [3.05, 3.63) is 47.8 Å². The van der Waals surface area contributed by atoms with Gasteiger partial charge in [0, 0.05) is 30.5 Å². The Kier molecular flexibility index (Phi) is 5.37. The minimum atomic E-state index is -0.303. The van der Waals surface area contributed by atoms with Gasteiger partial charge in [-0.05, 0) is 25.5 Å². The van der Waals surface area contributed by atoms with Crippen LogP contribution in [0, 0.1) is 0 Å². The number of rotatable bonds is 7. The van der Waals surface area contributed by atoms with Crippen molar-refractivity contribution in [3.8, 4) is 0 Å². The number of esters is 1. The van der Waals surface area contributed by atoms with Crippen molar-refractivity contribution >= 4 is 11.7 Å². The van der Waals surface area contributed by atoms with E-state index < -0.39 is 0 Å². The molecule has 5 heteroatoms. The van der Waals surface area contributed by atoms with E-state index in [0.29, 0.717) is 18.7 Å². The van der Waals surface area contributed by atoms with Gasteiger partial charge in [0.05, 0.1) is 18.4 Å². The highest BCUT2D eigenvalue weighted by molar-refractivity contribution is 5.95. The van der Waals surface area contributed by atoms with Crippen LogP contribution in [0.25, 0.3) is 0 Å². The first-order valence-corrected chi connectivity index (χ1v) is 7.26. The molecule has 0 saturated heterocycles. The first-order chi connectivity index (χ1) is 10.2. The van der Waals surface area contributed by atoms with Gasteiger partial charge in [-0.2, -0.15) is 5.10 Å². The lowest BCUT2D eigenvalue weighted by Crippen LogP contribution is -2.09. The van der Waals surface area contributed by atoms with Gasteiger partial charge in [0.2, 0.25) is 0 Å². The number of nitrogens with zero attached hydrogens (tertiary/aromatic N) is 2. The molecule has 21 heavy (non-hydrogen) atoms. The van der Waals surface area contributed by atoms with Crippen molar-refractivity contribution in [2.75, 3.05) is 11.9 Å². The molecule has 0 radical (unpaired) electrons. The van der Waals surface area contributed by atoms with Crippen LogP contribution in [-0.4, -0.2) is 22.4 Å². The average Bonchev–Trinajstić information content (AvgIpc) is 2.94. The molecule has 2 rings (SSSR count). The van der Waals surface area contributed by atoms with Gasteiger partial charge in [-0.1, -0.05) is 19.1 Å². The summed E-state index contributed by atoms with van der Waals surface area (Å²) < 4.78 is 6.99. The van der Waals surface area contributed by atoms with E-state index in [1.807, 2.05) is 35.3 Å². The third-order valence-corrected chi connectivity index (χ3v) is 3.04. The molecule has 0 unspecified atom stereocenters. The van der Waals surface area contributed by atoms with Crippen LogP contribution in [0.2, 0.25) is 0 Å². The lowest BCUT2D eigenvalue weighted by molar-refractivity contribution is 0.0527. The highest BCUT2D eigenvalue weighted by atomic mass is 16.5. The Balaban J connectivity index is 2.03. The van der Waals surface area contributed by atoms with Crippen LogP contribution >= 0.6 is 0 Å². The molecule has 0 atom stereocenters. The van der Waals surface area contributed by atoms with Crippen molar-refractivity contribution in [1.82, 2.24) is 9.78 Å². The zero-order valence-corrected chi connectivity index (χ0v) is 12.5. The van der Waals surface area contributed by atoms with Gasteiger partial charge in [-0.25, -0.2) is 4.79 Å². The number of benzene rings is 1. The number of carbonyl (C=O) groups excluding carboxylic acids is 1. The Morgan fingerprint density at radius 3 is 2.90 bits per heavy atom. The quantitative estimate of drug-likeness (QED) is 0.795.